The fourth-order valence-corrected chi connectivity index (χ4v) is 4.79. The van der Waals surface area contributed by atoms with Crippen molar-refractivity contribution in [3.8, 4) is 11.1 Å². The Labute approximate surface area is 175 Å². The normalized spacial score (nSPS) is 17.4. The molecule has 0 spiro atoms. The van der Waals surface area contributed by atoms with Gasteiger partial charge in [-0.25, -0.2) is 14.3 Å². The van der Waals surface area contributed by atoms with Crippen molar-refractivity contribution in [2.24, 2.45) is 0 Å². The molecule has 3 aromatic heterocycles. The van der Waals surface area contributed by atoms with Crippen molar-refractivity contribution in [2.45, 2.75) is 52.5 Å². The van der Waals surface area contributed by atoms with Crippen molar-refractivity contribution in [1.29, 1.82) is 0 Å². The van der Waals surface area contributed by atoms with Crippen molar-refractivity contribution < 1.29 is 0 Å². The Kier molecular flexibility index (Phi) is 4.50. The second-order valence-electron chi connectivity index (χ2n) is 8.73. The molecule has 1 aliphatic rings. The summed E-state index contributed by atoms with van der Waals surface area (Å²) in [5.41, 5.74) is 8.57. The Balaban J connectivity index is 1.76. The molecule has 156 valence electrons. The third-order valence-electron chi connectivity index (χ3n) is 6.56. The molecule has 4 heterocycles. The van der Waals surface area contributed by atoms with Crippen LogP contribution in [0.3, 0.4) is 0 Å². The number of fused-ring (bicyclic) bond motifs is 2. The third-order valence-corrected chi connectivity index (χ3v) is 6.56. The summed E-state index contributed by atoms with van der Waals surface area (Å²) >= 11 is 0. The topological polar surface area (TPSA) is 80.0 Å². The number of aryl methyl sites for hydroxylation is 1. The van der Waals surface area contributed by atoms with Crippen LogP contribution in [-0.4, -0.2) is 37.2 Å². The van der Waals surface area contributed by atoms with Gasteiger partial charge < -0.3 is 10.3 Å². The Morgan fingerprint density at radius 2 is 2.00 bits per heavy atom. The van der Waals surface area contributed by atoms with E-state index in [4.69, 9.17) is 0 Å². The van der Waals surface area contributed by atoms with E-state index in [1.54, 1.807) is 6.33 Å². The molecule has 7 nitrogen and oxygen atoms in total. The number of pyridine rings is 1. The first-order valence-corrected chi connectivity index (χ1v) is 10.7. The van der Waals surface area contributed by atoms with Gasteiger partial charge in [-0.3, -0.25) is 4.57 Å². The highest BCUT2D eigenvalue weighted by molar-refractivity contribution is 5.86. The fourth-order valence-electron chi connectivity index (χ4n) is 4.79. The Bertz CT molecular complexity index is 1300. The summed E-state index contributed by atoms with van der Waals surface area (Å²) in [5.74, 6) is 0.318. The number of benzene rings is 1. The van der Waals surface area contributed by atoms with Crippen molar-refractivity contribution in [3.63, 3.8) is 0 Å². The van der Waals surface area contributed by atoms with Crippen LogP contribution in [-0.2, 0) is 0 Å². The Hall–Kier alpha value is -2.93. The van der Waals surface area contributed by atoms with Gasteiger partial charge >= 0.3 is 5.69 Å². The van der Waals surface area contributed by atoms with Crippen molar-refractivity contribution in [2.75, 3.05) is 13.1 Å². The highest BCUT2D eigenvalue weighted by Gasteiger charge is 2.22. The number of aromatic nitrogens is 5. The number of aromatic amines is 1. The Morgan fingerprint density at radius 3 is 2.73 bits per heavy atom. The number of hydrogen-bond donors (Lipinski definition) is 2. The SMILES string of the molecule is Cc1c(-c2cc3[nH]c(=O)n(C4CCCNC4)c3cc2C(C)C)cn2ncnc2c1C. The summed E-state index contributed by atoms with van der Waals surface area (Å²) < 4.78 is 3.80. The Morgan fingerprint density at radius 1 is 1.17 bits per heavy atom. The van der Waals surface area contributed by atoms with E-state index in [1.165, 1.54) is 11.1 Å². The van der Waals surface area contributed by atoms with Gasteiger partial charge in [-0.05, 0) is 73.5 Å². The molecule has 0 aliphatic carbocycles. The quantitative estimate of drug-likeness (QED) is 0.546. The molecule has 1 saturated heterocycles. The zero-order chi connectivity index (χ0) is 21.0. The number of imidazole rings is 1. The minimum Gasteiger partial charge on any atom is -0.315 e. The van der Waals surface area contributed by atoms with Crippen molar-refractivity contribution in [1.82, 2.24) is 29.5 Å². The number of H-pyrrole nitrogens is 1. The number of rotatable bonds is 3. The predicted molar refractivity (Wildman–Crippen MR) is 119 cm³/mol. The van der Waals surface area contributed by atoms with Crippen molar-refractivity contribution >= 4 is 16.7 Å². The zero-order valence-corrected chi connectivity index (χ0v) is 18.0. The first-order valence-electron chi connectivity index (χ1n) is 10.7. The molecule has 2 N–H and O–H groups in total. The maximum absolute atomic E-state index is 12.9. The van der Waals surface area contributed by atoms with E-state index < -0.39 is 0 Å². The van der Waals surface area contributed by atoms with E-state index in [2.05, 4.69) is 66.4 Å². The van der Waals surface area contributed by atoms with Gasteiger partial charge in [0.05, 0.1) is 17.1 Å². The van der Waals surface area contributed by atoms with E-state index in [1.807, 2.05) is 9.08 Å². The summed E-state index contributed by atoms with van der Waals surface area (Å²) in [4.78, 5) is 20.4. The highest BCUT2D eigenvalue weighted by atomic mass is 16.1. The second kappa shape index (κ2) is 7.09. The van der Waals surface area contributed by atoms with Crippen LogP contribution in [0.5, 0.6) is 0 Å². The number of nitrogens with one attached hydrogen (secondary N) is 2. The molecule has 0 radical (unpaired) electrons. The van der Waals surface area contributed by atoms with E-state index in [0.717, 1.165) is 59.3 Å². The van der Waals surface area contributed by atoms with Crippen LogP contribution in [0.15, 0.2) is 29.5 Å². The zero-order valence-electron chi connectivity index (χ0n) is 18.0. The van der Waals surface area contributed by atoms with Gasteiger partial charge in [0, 0.05) is 18.3 Å². The highest BCUT2D eigenvalue weighted by Crippen LogP contribution is 2.36. The largest absolute Gasteiger partial charge is 0.326 e. The average molecular weight is 405 g/mol. The van der Waals surface area contributed by atoms with Crippen LogP contribution >= 0.6 is 0 Å². The van der Waals surface area contributed by atoms with Gasteiger partial charge in [-0.1, -0.05) is 13.8 Å². The van der Waals surface area contributed by atoms with Gasteiger partial charge in [0.2, 0.25) is 0 Å². The average Bonchev–Trinajstić information content (AvgIpc) is 3.33. The van der Waals surface area contributed by atoms with Gasteiger partial charge in [0.15, 0.2) is 5.65 Å². The molecule has 1 aliphatic heterocycles. The first kappa shape index (κ1) is 19.1. The summed E-state index contributed by atoms with van der Waals surface area (Å²) in [6.07, 6.45) is 5.76. The van der Waals surface area contributed by atoms with E-state index >= 15 is 0 Å². The lowest BCUT2D eigenvalue weighted by Gasteiger charge is -2.24. The van der Waals surface area contributed by atoms with Crippen LogP contribution in [0.25, 0.3) is 27.8 Å². The minimum absolute atomic E-state index is 0.0230. The minimum atomic E-state index is -0.0230. The smallest absolute Gasteiger partial charge is 0.315 e. The number of nitrogens with zero attached hydrogens (tertiary/aromatic N) is 4. The molecule has 1 atom stereocenters. The van der Waals surface area contributed by atoms with E-state index in [-0.39, 0.29) is 11.7 Å². The molecule has 7 heteroatoms. The van der Waals surface area contributed by atoms with Gasteiger partial charge in [0.25, 0.3) is 0 Å². The molecular formula is C23H28N6O. The lowest BCUT2D eigenvalue weighted by molar-refractivity contribution is 0.372. The lowest BCUT2D eigenvalue weighted by Crippen LogP contribution is -2.35. The van der Waals surface area contributed by atoms with Crippen molar-refractivity contribution in [3.05, 3.63) is 51.8 Å². The molecule has 30 heavy (non-hydrogen) atoms. The van der Waals surface area contributed by atoms with Crippen LogP contribution in [0.1, 0.15) is 55.3 Å². The number of hydrogen-bond acceptors (Lipinski definition) is 4. The van der Waals surface area contributed by atoms with Crippen LogP contribution in [0.2, 0.25) is 0 Å². The van der Waals surface area contributed by atoms with Crippen LogP contribution < -0.4 is 11.0 Å². The fraction of sp³-hybridized carbons (Fsp3) is 0.435. The maximum atomic E-state index is 12.9. The summed E-state index contributed by atoms with van der Waals surface area (Å²) in [6.45, 7) is 10.5. The molecule has 4 aromatic rings. The van der Waals surface area contributed by atoms with E-state index in [0.29, 0.717) is 5.92 Å². The van der Waals surface area contributed by atoms with E-state index in [9.17, 15) is 4.79 Å². The number of piperidine rings is 1. The monoisotopic (exact) mass is 404 g/mol. The van der Waals surface area contributed by atoms with Gasteiger partial charge in [-0.15, -0.1) is 0 Å². The molecular weight excluding hydrogens is 376 g/mol. The van der Waals surface area contributed by atoms with Crippen LogP contribution in [0.4, 0.5) is 0 Å². The third kappa shape index (κ3) is 2.88. The molecule has 0 saturated carbocycles. The first-order chi connectivity index (χ1) is 14.5. The van der Waals surface area contributed by atoms with Gasteiger partial charge in [-0.2, -0.15) is 5.10 Å². The predicted octanol–water partition coefficient (Wildman–Crippen LogP) is 3.70. The molecule has 1 unspecified atom stereocenters. The van der Waals surface area contributed by atoms with Crippen LogP contribution in [0, 0.1) is 13.8 Å². The van der Waals surface area contributed by atoms with Gasteiger partial charge in [0.1, 0.15) is 6.33 Å². The molecule has 1 fully saturated rings. The molecule has 5 rings (SSSR count). The summed E-state index contributed by atoms with van der Waals surface area (Å²) in [7, 11) is 0. The maximum Gasteiger partial charge on any atom is 0.326 e. The molecule has 0 amide bonds. The second-order valence-corrected chi connectivity index (χ2v) is 8.73. The lowest BCUT2D eigenvalue weighted by atomic mass is 9.89. The summed E-state index contributed by atoms with van der Waals surface area (Å²) in [6, 6.07) is 4.55. The molecule has 0 bridgehead atoms. The molecule has 1 aromatic carbocycles. The summed E-state index contributed by atoms with van der Waals surface area (Å²) in [5, 5.41) is 7.79. The standard InChI is InChI=1S/C23H28N6O/c1-13(2)17-9-21-20(27-23(30)29(21)16-6-5-7-24-10-16)8-18(17)19-11-28-22(25-12-26-28)15(4)14(19)3/h8-9,11-13,16,24H,5-7,10H2,1-4H3,(H,27,30).